The number of aliphatic hydroxyl groups is 1. The second kappa shape index (κ2) is 5.65. The highest BCUT2D eigenvalue weighted by Crippen LogP contribution is 2.22. The molecule has 0 saturated carbocycles. The normalized spacial score (nSPS) is 25.4. The first kappa shape index (κ1) is 13.3. The Morgan fingerprint density at radius 3 is 2.28 bits per heavy atom. The first-order valence-electron chi connectivity index (χ1n) is 6.10. The smallest absolute Gasteiger partial charge is 0.128 e. The van der Waals surface area contributed by atoms with E-state index in [-0.39, 0.29) is 12.2 Å². The third-order valence-electron chi connectivity index (χ3n) is 3.40. The summed E-state index contributed by atoms with van der Waals surface area (Å²) < 4.78 is 10.8. The Morgan fingerprint density at radius 2 is 1.89 bits per heavy atom. The molecule has 3 atom stereocenters. The number of hydrogen-bond acceptors (Lipinski definition) is 5. The molecule has 0 bridgehead atoms. The van der Waals surface area contributed by atoms with Crippen molar-refractivity contribution < 1.29 is 14.6 Å². The van der Waals surface area contributed by atoms with Crippen molar-refractivity contribution in [2.45, 2.75) is 25.2 Å². The van der Waals surface area contributed by atoms with E-state index in [4.69, 9.17) is 9.47 Å². The van der Waals surface area contributed by atoms with Crippen molar-refractivity contribution in [1.29, 1.82) is 0 Å². The third-order valence-corrected chi connectivity index (χ3v) is 3.40. The Morgan fingerprint density at radius 1 is 1.28 bits per heavy atom. The molecule has 1 aromatic rings. The van der Waals surface area contributed by atoms with Crippen LogP contribution in [-0.2, 0) is 9.47 Å². The topological polar surface area (TPSA) is 54.8 Å². The molecule has 1 fully saturated rings. The monoisotopic (exact) mass is 252 g/mol. The molecule has 0 spiro atoms. The molecule has 1 aliphatic heterocycles. The molecule has 5 nitrogen and oxygen atoms in total. The number of rotatable bonds is 4. The maximum atomic E-state index is 9.45. The average Bonchev–Trinajstić information content (AvgIpc) is 2.82. The predicted molar refractivity (Wildman–Crippen MR) is 68.7 cm³/mol. The van der Waals surface area contributed by atoms with Gasteiger partial charge in [0.25, 0.3) is 0 Å². The van der Waals surface area contributed by atoms with Crippen LogP contribution in [0, 0.1) is 0 Å². The zero-order chi connectivity index (χ0) is 13.1. The molecule has 1 saturated heterocycles. The Hall–Kier alpha value is -1.17. The van der Waals surface area contributed by atoms with E-state index in [0.29, 0.717) is 0 Å². The molecule has 0 amide bonds. The summed E-state index contributed by atoms with van der Waals surface area (Å²) in [4.78, 5) is 6.51. The highest BCUT2D eigenvalue weighted by atomic mass is 16.5. The van der Waals surface area contributed by atoms with Crippen LogP contribution in [0.3, 0.4) is 0 Å². The van der Waals surface area contributed by atoms with E-state index in [2.05, 4.69) is 9.88 Å². The predicted octanol–water partition coefficient (Wildman–Crippen LogP) is 0.985. The van der Waals surface area contributed by atoms with E-state index in [1.54, 1.807) is 27.3 Å². The van der Waals surface area contributed by atoms with Gasteiger partial charge < -0.3 is 19.5 Å². The van der Waals surface area contributed by atoms with Crippen LogP contribution in [-0.4, -0.2) is 49.6 Å². The van der Waals surface area contributed by atoms with Crippen molar-refractivity contribution in [2.24, 2.45) is 0 Å². The molecule has 0 radical (unpaired) electrons. The molecular weight excluding hydrogens is 232 g/mol. The highest BCUT2D eigenvalue weighted by Gasteiger charge is 2.33. The number of hydrogen-bond donors (Lipinski definition) is 1. The standard InChI is InChI=1S/C13H20N2O3/c1-9(16)10-4-5-13(14-6-10)15-7-11(17-2)12(8-15)18-3/h4-6,9,11-12,16H,7-8H2,1-3H3/t9-,11?,12?/m0/s1. The number of ether oxygens (including phenoxy) is 2. The Bertz CT molecular complexity index is 368. The first-order chi connectivity index (χ1) is 8.65. The van der Waals surface area contributed by atoms with Gasteiger partial charge in [-0.2, -0.15) is 0 Å². The van der Waals surface area contributed by atoms with Crippen LogP contribution in [0.15, 0.2) is 18.3 Å². The van der Waals surface area contributed by atoms with Gasteiger partial charge in [-0.15, -0.1) is 0 Å². The molecule has 1 N–H and O–H groups in total. The number of nitrogens with zero attached hydrogens (tertiary/aromatic N) is 2. The average molecular weight is 252 g/mol. The van der Waals surface area contributed by atoms with Gasteiger partial charge in [0.2, 0.25) is 0 Å². The van der Waals surface area contributed by atoms with Crippen LogP contribution in [0.5, 0.6) is 0 Å². The molecule has 1 aromatic heterocycles. The number of anilines is 1. The minimum Gasteiger partial charge on any atom is -0.389 e. The summed E-state index contributed by atoms with van der Waals surface area (Å²) >= 11 is 0. The lowest BCUT2D eigenvalue weighted by Gasteiger charge is -2.17. The summed E-state index contributed by atoms with van der Waals surface area (Å²) in [6, 6.07) is 3.82. The Balaban J connectivity index is 2.08. The molecule has 2 unspecified atom stereocenters. The van der Waals surface area contributed by atoms with Crippen LogP contribution in [0.25, 0.3) is 0 Å². The quantitative estimate of drug-likeness (QED) is 0.866. The number of aromatic nitrogens is 1. The van der Waals surface area contributed by atoms with E-state index in [0.717, 1.165) is 24.5 Å². The molecule has 2 rings (SSSR count). The van der Waals surface area contributed by atoms with Crippen molar-refractivity contribution in [3.8, 4) is 0 Å². The van der Waals surface area contributed by atoms with Crippen LogP contribution >= 0.6 is 0 Å². The van der Waals surface area contributed by atoms with Gasteiger partial charge in [-0.1, -0.05) is 6.07 Å². The zero-order valence-electron chi connectivity index (χ0n) is 11.0. The van der Waals surface area contributed by atoms with Crippen molar-refractivity contribution in [1.82, 2.24) is 4.98 Å². The fourth-order valence-corrected chi connectivity index (χ4v) is 2.22. The molecule has 0 aliphatic carbocycles. The summed E-state index contributed by atoms with van der Waals surface area (Å²) in [5.41, 5.74) is 0.824. The van der Waals surface area contributed by atoms with E-state index in [1.165, 1.54) is 0 Å². The Labute approximate surface area is 107 Å². The maximum absolute atomic E-state index is 9.45. The summed E-state index contributed by atoms with van der Waals surface area (Å²) in [7, 11) is 3.40. The van der Waals surface area contributed by atoms with Gasteiger partial charge in [0.15, 0.2) is 0 Å². The van der Waals surface area contributed by atoms with Crippen LogP contribution in [0.1, 0.15) is 18.6 Å². The minimum atomic E-state index is -0.483. The molecular formula is C13H20N2O3. The van der Waals surface area contributed by atoms with Crippen LogP contribution in [0.4, 0.5) is 5.82 Å². The fraction of sp³-hybridized carbons (Fsp3) is 0.615. The van der Waals surface area contributed by atoms with E-state index < -0.39 is 6.10 Å². The number of pyridine rings is 1. The van der Waals surface area contributed by atoms with Crippen molar-refractivity contribution in [3.05, 3.63) is 23.9 Å². The summed E-state index contributed by atoms with van der Waals surface area (Å²) in [6.45, 7) is 3.28. The SMILES string of the molecule is COC1CN(c2ccc([C@H](C)O)cn2)CC1OC. The Kier molecular flexibility index (Phi) is 4.16. The van der Waals surface area contributed by atoms with Gasteiger partial charge in [-0.05, 0) is 18.6 Å². The second-order valence-corrected chi connectivity index (χ2v) is 4.58. The van der Waals surface area contributed by atoms with E-state index >= 15 is 0 Å². The number of aliphatic hydroxyl groups excluding tert-OH is 1. The van der Waals surface area contributed by atoms with E-state index in [9.17, 15) is 5.11 Å². The largest absolute Gasteiger partial charge is 0.389 e. The van der Waals surface area contributed by atoms with Crippen LogP contribution < -0.4 is 4.90 Å². The van der Waals surface area contributed by atoms with E-state index in [1.807, 2.05) is 12.1 Å². The third kappa shape index (κ3) is 2.63. The fourth-order valence-electron chi connectivity index (χ4n) is 2.22. The van der Waals surface area contributed by atoms with Gasteiger partial charge in [-0.25, -0.2) is 4.98 Å². The molecule has 18 heavy (non-hydrogen) atoms. The lowest BCUT2D eigenvalue weighted by atomic mass is 10.2. The van der Waals surface area contributed by atoms with Crippen molar-refractivity contribution in [2.75, 3.05) is 32.2 Å². The first-order valence-corrected chi connectivity index (χ1v) is 6.10. The highest BCUT2D eigenvalue weighted by molar-refractivity contribution is 5.41. The van der Waals surface area contributed by atoms with Gasteiger partial charge in [-0.3, -0.25) is 0 Å². The lowest BCUT2D eigenvalue weighted by molar-refractivity contribution is -0.00461. The summed E-state index contributed by atoms with van der Waals surface area (Å²) in [6.07, 6.45) is 1.38. The maximum Gasteiger partial charge on any atom is 0.128 e. The molecule has 0 aromatic carbocycles. The van der Waals surface area contributed by atoms with Gasteiger partial charge in [0.1, 0.15) is 18.0 Å². The van der Waals surface area contributed by atoms with Crippen molar-refractivity contribution in [3.63, 3.8) is 0 Å². The van der Waals surface area contributed by atoms with Crippen molar-refractivity contribution >= 4 is 5.82 Å². The van der Waals surface area contributed by atoms with Gasteiger partial charge in [0, 0.05) is 33.5 Å². The zero-order valence-corrected chi connectivity index (χ0v) is 11.0. The molecule has 100 valence electrons. The minimum absolute atomic E-state index is 0.0771. The lowest BCUT2D eigenvalue weighted by Crippen LogP contribution is -2.27. The number of methoxy groups -OCH3 is 2. The van der Waals surface area contributed by atoms with Crippen LogP contribution in [0.2, 0.25) is 0 Å². The van der Waals surface area contributed by atoms with Gasteiger partial charge in [0.05, 0.1) is 6.10 Å². The summed E-state index contributed by atoms with van der Waals surface area (Å²) in [5.74, 6) is 0.890. The second-order valence-electron chi connectivity index (χ2n) is 4.58. The van der Waals surface area contributed by atoms with Gasteiger partial charge >= 0.3 is 0 Å². The molecule has 5 heteroatoms. The summed E-state index contributed by atoms with van der Waals surface area (Å²) in [5, 5.41) is 9.45. The molecule has 2 heterocycles. The molecule has 1 aliphatic rings.